The zero-order valence-corrected chi connectivity index (χ0v) is 10.1. The molecule has 0 aliphatic heterocycles. The van der Waals surface area contributed by atoms with E-state index in [1.165, 1.54) is 6.07 Å². The second-order valence-electron chi connectivity index (χ2n) is 2.45. The Bertz CT molecular complexity index is 309. The summed E-state index contributed by atoms with van der Waals surface area (Å²) in [6, 6.07) is 4.31. The molecule has 0 spiro atoms. The number of benzene rings is 1. The first-order chi connectivity index (χ1) is 5.95. The molecule has 0 heterocycles. The van der Waals surface area contributed by atoms with Gasteiger partial charge in [-0.1, -0.05) is 22.0 Å². The van der Waals surface area contributed by atoms with Gasteiger partial charge >= 0.3 is 6.18 Å². The van der Waals surface area contributed by atoms with E-state index in [4.69, 9.17) is 0 Å². The van der Waals surface area contributed by atoms with E-state index in [-0.39, 0.29) is 3.57 Å². The normalized spacial score (nSPS) is 11.8. The van der Waals surface area contributed by atoms with Gasteiger partial charge in [0.15, 0.2) is 0 Å². The van der Waals surface area contributed by atoms with Crippen LogP contribution in [-0.2, 0) is 11.5 Å². The minimum Gasteiger partial charge on any atom is -0.166 e. The molecule has 0 saturated carbocycles. The molecule has 1 aromatic carbocycles. The molecule has 72 valence electrons. The molecule has 0 radical (unpaired) electrons. The molecule has 0 atom stereocenters. The third-order valence-corrected chi connectivity index (χ3v) is 3.08. The van der Waals surface area contributed by atoms with Crippen molar-refractivity contribution < 1.29 is 13.2 Å². The molecular weight excluding hydrogens is 360 g/mol. The number of halogens is 5. The minimum absolute atomic E-state index is 0.231. The average Bonchev–Trinajstić information content (AvgIpc) is 2.03. The fourth-order valence-electron chi connectivity index (χ4n) is 0.873. The maximum absolute atomic E-state index is 12.3. The van der Waals surface area contributed by atoms with Gasteiger partial charge in [0.2, 0.25) is 0 Å². The first-order valence-corrected chi connectivity index (χ1v) is 5.56. The summed E-state index contributed by atoms with van der Waals surface area (Å²) in [4.78, 5) is 0. The van der Waals surface area contributed by atoms with E-state index in [9.17, 15) is 13.2 Å². The maximum Gasteiger partial charge on any atom is 0.417 e. The highest BCUT2D eigenvalue weighted by molar-refractivity contribution is 14.1. The van der Waals surface area contributed by atoms with Gasteiger partial charge in [0, 0.05) is 8.90 Å². The molecule has 0 fully saturated rings. The molecule has 0 nitrogen and oxygen atoms in total. The standard InChI is InChI=1S/C8H5BrF3I/c9-4-5-1-2-7(13)6(3-5)8(10,11)12/h1-3H,4H2. The average molecular weight is 365 g/mol. The molecule has 0 aliphatic rings. The molecular formula is C8H5BrF3I. The molecule has 1 aromatic rings. The molecule has 13 heavy (non-hydrogen) atoms. The second-order valence-corrected chi connectivity index (χ2v) is 4.17. The number of rotatable bonds is 1. The van der Waals surface area contributed by atoms with Gasteiger partial charge in [-0.3, -0.25) is 0 Å². The summed E-state index contributed by atoms with van der Waals surface area (Å²) < 4.78 is 37.3. The van der Waals surface area contributed by atoms with Crippen LogP contribution in [0.25, 0.3) is 0 Å². The lowest BCUT2D eigenvalue weighted by atomic mass is 10.1. The van der Waals surface area contributed by atoms with Crippen molar-refractivity contribution in [1.82, 2.24) is 0 Å². The third-order valence-electron chi connectivity index (χ3n) is 1.49. The van der Waals surface area contributed by atoms with Crippen molar-refractivity contribution in [1.29, 1.82) is 0 Å². The van der Waals surface area contributed by atoms with Crippen LogP contribution >= 0.6 is 38.5 Å². The summed E-state index contributed by atoms with van der Waals surface area (Å²) in [5.74, 6) is 0. The van der Waals surface area contributed by atoms with E-state index in [0.29, 0.717) is 10.9 Å². The molecule has 0 amide bonds. The maximum atomic E-state index is 12.3. The summed E-state index contributed by atoms with van der Waals surface area (Å²) in [7, 11) is 0. The van der Waals surface area contributed by atoms with Crippen LogP contribution in [0.2, 0.25) is 0 Å². The van der Waals surface area contributed by atoms with Crippen molar-refractivity contribution in [3.05, 3.63) is 32.9 Å². The van der Waals surface area contributed by atoms with Crippen molar-refractivity contribution in [2.24, 2.45) is 0 Å². The Morgan fingerprint density at radius 2 is 1.92 bits per heavy atom. The topological polar surface area (TPSA) is 0 Å². The van der Waals surface area contributed by atoms with E-state index in [1.807, 2.05) is 0 Å². The van der Waals surface area contributed by atoms with Gasteiger partial charge in [0.25, 0.3) is 0 Å². The lowest BCUT2D eigenvalue weighted by Gasteiger charge is -2.09. The minimum atomic E-state index is -4.26. The van der Waals surface area contributed by atoms with E-state index in [1.54, 1.807) is 28.7 Å². The van der Waals surface area contributed by atoms with Crippen LogP contribution in [0, 0.1) is 3.57 Å². The highest BCUT2D eigenvalue weighted by atomic mass is 127. The number of hydrogen-bond donors (Lipinski definition) is 0. The summed E-state index contributed by atoms with van der Waals surface area (Å²) in [6.07, 6.45) is -4.26. The Morgan fingerprint density at radius 3 is 2.38 bits per heavy atom. The van der Waals surface area contributed by atoms with E-state index in [0.717, 1.165) is 6.07 Å². The first kappa shape index (κ1) is 11.3. The van der Waals surface area contributed by atoms with Crippen LogP contribution in [0.3, 0.4) is 0 Å². The first-order valence-electron chi connectivity index (χ1n) is 3.36. The molecule has 0 unspecified atom stereocenters. The van der Waals surface area contributed by atoms with Crippen molar-refractivity contribution in [3.8, 4) is 0 Å². The van der Waals surface area contributed by atoms with Gasteiger partial charge < -0.3 is 0 Å². The smallest absolute Gasteiger partial charge is 0.166 e. The molecule has 0 N–H and O–H groups in total. The highest BCUT2D eigenvalue weighted by Gasteiger charge is 2.32. The second kappa shape index (κ2) is 4.16. The Hall–Kier alpha value is 0.220. The zero-order valence-electron chi connectivity index (χ0n) is 6.33. The molecule has 0 saturated heterocycles. The Morgan fingerprint density at radius 1 is 1.31 bits per heavy atom. The van der Waals surface area contributed by atoms with Crippen LogP contribution in [0.5, 0.6) is 0 Å². The van der Waals surface area contributed by atoms with E-state index < -0.39 is 11.7 Å². The molecule has 1 rings (SSSR count). The monoisotopic (exact) mass is 364 g/mol. The molecule has 0 bridgehead atoms. The van der Waals surface area contributed by atoms with Gasteiger partial charge in [0.1, 0.15) is 0 Å². The number of alkyl halides is 4. The van der Waals surface area contributed by atoms with Crippen LogP contribution < -0.4 is 0 Å². The summed E-state index contributed by atoms with van der Waals surface area (Å²) in [5, 5.41) is 0.438. The quantitative estimate of drug-likeness (QED) is 0.517. The predicted octanol–water partition coefficient (Wildman–Crippen LogP) is 4.20. The third kappa shape index (κ3) is 2.83. The van der Waals surface area contributed by atoms with Crippen molar-refractivity contribution in [2.45, 2.75) is 11.5 Å². The Labute approximate surface area is 95.8 Å². The zero-order chi connectivity index (χ0) is 10.1. The summed E-state index contributed by atoms with van der Waals surface area (Å²) in [6.45, 7) is 0. The van der Waals surface area contributed by atoms with Gasteiger partial charge in [-0.25, -0.2) is 0 Å². The van der Waals surface area contributed by atoms with Gasteiger partial charge in [-0.15, -0.1) is 0 Å². The largest absolute Gasteiger partial charge is 0.417 e. The highest BCUT2D eigenvalue weighted by Crippen LogP contribution is 2.33. The Kier molecular flexibility index (Phi) is 3.62. The molecule has 0 aliphatic carbocycles. The lowest BCUT2D eigenvalue weighted by Crippen LogP contribution is -2.07. The van der Waals surface area contributed by atoms with E-state index in [2.05, 4.69) is 15.9 Å². The van der Waals surface area contributed by atoms with Crippen LogP contribution in [0.15, 0.2) is 18.2 Å². The fourth-order valence-corrected chi connectivity index (χ4v) is 1.86. The number of hydrogen-bond acceptors (Lipinski definition) is 0. The van der Waals surface area contributed by atoms with Gasteiger partial charge in [-0.05, 0) is 40.3 Å². The lowest BCUT2D eigenvalue weighted by molar-refractivity contribution is -0.138. The summed E-state index contributed by atoms with van der Waals surface area (Å²) in [5.41, 5.74) is 0.0674. The van der Waals surface area contributed by atoms with Crippen LogP contribution in [0.4, 0.5) is 13.2 Å². The molecule has 5 heteroatoms. The van der Waals surface area contributed by atoms with Crippen molar-refractivity contribution in [3.63, 3.8) is 0 Å². The van der Waals surface area contributed by atoms with Crippen LogP contribution in [0.1, 0.15) is 11.1 Å². The van der Waals surface area contributed by atoms with Crippen molar-refractivity contribution in [2.75, 3.05) is 0 Å². The Balaban J connectivity index is 3.19. The summed E-state index contributed by atoms with van der Waals surface area (Å²) >= 11 is 4.80. The van der Waals surface area contributed by atoms with Gasteiger partial charge in [-0.2, -0.15) is 13.2 Å². The fraction of sp³-hybridized carbons (Fsp3) is 0.250. The SMILES string of the molecule is FC(F)(F)c1cc(CBr)ccc1I. The van der Waals surface area contributed by atoms with E-state index >= 15 is 0 Å². The van der Waals surface area contributed by atoms with Gasteiger partial charge in [0.05, 0.1) is 5.56 Å². The molecule has 0 aromatic heterocycles. The van der Waals surface area contributed by atoms with Crippen molar-refractivity contribution >= 4 is 38.5 Å². The van der Waals surface area contributed by atoms with Crippen LogP contribution in [-0.4, -0.2) is 0 Å². The predicted molar refractivity (Wildman–Crippen MR) is 56.8 cm³/mol.